The van der Waals surface area contributed by atoms with Crippen molar-refractivity contribution >= 4 is 28.3 Å². The minimum Gasteiger partial charge on any atom is -0.481 e. The maximum Gasteiger partial charge on any atom is 0.311 e. The van der Waals surface area contributed by atoms with E-state index in [9.17, 15) is 9.90 Å². The van der Waals surface area contributed by atoms with Gasteiger partial charge in [0.15, 0.2) is 0 Å². The lowest BCUT2D eigenvalue weighted by molar-refractivity contribution is -0.138. The Balaban J connectivity index is 2.05. The van der Waals surface area contributed by atoms with Crippen LogP contribution in [-0.4, -0.2) is 11.1 Å². The third kappa shape index (κ3) is 2.97. The van der Waals surface area contributed by atoms with Gasteiger partial charge in [0.25, 0.3) is 0 Å². The second kappa shape index (κ2) is 6.20. The number of hydrogen-bond donors (Lipinski definition) is 1. The van der Waals surface area contributed by atoms with Gasteiger partial charge in [0.2, 0.25) is 0 Å². The number of aliphatic carboxylic acids is 1. The predicted molar refractivity (Wildman–Crippen MR) is 89.5 cm³/mol. The van der Waals surface area contributed by atoms with Gasteiger partial charge in [-0.1, -0.05) is 66.2 Å². The van der Waals surface area contributed by atoms with Crippen LogP contribution >= 0.6 is 11.6 Å². The Labute approximate surface area is 134 Å². The fraction of sp³-hybridized carbons (Fsp3) is 0.105. The second-order valence-electron chi connectivity index (χ2n) is 5.29. The predicted octanol–water partition coefficient (Wildman–Crippen LogP) is 4.90. The molecule has 2 nitrogen and oxygen atoms in total. The van der Waals surface area contributed by atoms with Crippen molar-refractivity contribution in [1.29, 1.82) is 0 Å². The summed E-state index contributed by atoms with van der Waals surface area (Å²) in [5.74, 6) is -1.42. The van der Waals surface area contributed by atoms with E-state index in [1.807, 2.05) is 60.7 Å². The fourth-order valence-corrected chi connectivity index (χ4v) is 3.00. The molecule has 0 amide bonds. The van der Waals surface area contributed by atoms with Crippen molar-refractivity contribution in [3.05, 3.63) is 82.9 Å². The van der Waals surface area contributed by atoms with Crippen LogP contribution in [0, 0.1) is 0 Å². The first-order chi connectivity index (χ1) is 10.6. The van der Waals surface area contributed by atoms with Crippen molar-refractivity contribution in [2.24, 2.45) is 0 Å². The standard InChI is InChI=1S/C19H15ClO2/c20-15-8-3-5-13(11-15)12-18(19(21)22)17-10-4-7-14-6-1-2-9-16(14)17/h1-11,18H,12H2,(H,21,22)/t18-/m0/s1. The minimum atomic E-state index is -0.823. The van der Waals surface area contributed by atoms with Crippen molar-refractivity contribution in [1.82, 2.24) is 0 Å². The summed E-state index contributed by atoms with van der Waals surface area (Å²) in [5.41, 5.74) is 1.76. The van der Waals surface area contributed by atoms with Crippen LogP contribution in [0.2, 0.25) is 5.02 Å². The molecule has 3 rings (SSSR count). The van der Waals surface area contributed by atoms with E-state index in [0.29, 0.717) is 11.4 Å². The number of hydrogen-bond acceptors (Lipinski definition) is 1. The number of fused-ring (bicyclic) bond motifs is 1. The molecule has 0 aliphatic rings. The Morgan fingerprint density at radius 2 is 1.73 bits per heavy atom. The van der Waals surface area contributed by atoms with Gasteiger partial charge >= 0.3 is 5.97 Å². The lowest BCUT2D eigenvalue weighted by atomic mass is 9.88. The van der Waals surface area contributed by atoms with Gasteiger partial charge in [-0.25, -0.2) is 0 Å². The molecule has 0 aliphatic heterocycles. The fourth-order valence-electron chi connectivity index (χ4n) is 2.78. The van der Waals surface area contributed by atoms with E-state index < -0.39 is 11.9 Å². The molecule has 3 aromatic carbocycles. The largest absolute Gasteiger partial charge is 0.481 e. The van der Waals surface area contributed by atoms with Gasteiger partial charge < -0.3 is 5.11 Å². The maximum atomic E-state index is 11.8. The Kier molecular flexibility index (Phi) is 4.12. The molecule has 0 radical (unpaired) electrons. The molecule has 1 atom stereocenters. The number of carbonyl (C=O) groups is 1. The first kappa shape index (κ1) is 14.6. The van der Waals surface area contributed by atoms with Gasteiger partial charge in [-0.15, -0.1) is 0 Å². The van der Waals surface area contributed by atoms with Crippen LogP contribution in [0.5, 0.6) is 0 Å². The SMILES string of the molecule is O=C(O)[C@@H](Cc1cccc(Cl)c1)c1cccc2ccccc12. The number of carboxylic acid groups (broad SMARTS) is 1. The molecular weight excluding hydrogens is 296 g/mol. The van der Waals surface area contributed by atoms with Gasteiger partial charge in [-0.3, -0.25) is 4.79 Å². The van der Waals surface area contributed by atoms with Crippen molar-refractivity contribution < 1.29 is 9.90 Å². The zero-order valence-electron chi connectivity index (χ0n) is 11.9. The molecule has 0 bridgehead atoms. The van der Waals surface area contributed by atoms with Gasteiger partial charge in [0, 0.05) is 5.02 Å². The number of rotatable bonds is 4. The molecule has 3 aromatic rings. The quantitative estimate of drug-likeness (QED) is 0.744. The molecule has 110 valence electrons. The second-order valence-corrected chi connectivity index (χ2v) is 5.73. The van der Waals surface area contributed by atoms with E-state index >= 15 is 0 Å². The van der Waals surface area contributed by atoms with E-state index in [0.717, 1.165) is 21.9 Å². The summed E-state index contributed by atoms with van der Waals surface area (Å²) in [6.07, 6.45) is 0.421. The zero-order valence-corrected chi connectivity index (χ0v) is 12.6. The Bertz CT molecular complexity index is 821. The molecular formula is C19H15ClO2. The molecule has 0 aromatic heterocycles. The van der Waals surface area contributed by atoms with E-state index in [1.54, 1.807) is 6.07 Å². The van der Waals surface area contributed by atoms with E-state index in [-0.39, 0.29) is 0 Å². The first-order valence-corrected chi connectivity index (χ1v) is 7.48. The molecule has 0 aliphatic carbocycles. The molecule has 0 fully saturated rings. The molecule has 3 heteroatoms. The Hall–Kier alpha value is -2.32. The number of halogens is 1. The maximum absolute atomic E-state index is 11.8. The van der Waals surface area contributed by atoms with Gasteiger partial charge in [0.05, 0.1) is 5.92 Å². The number of carboxylic acids is 1. The minimum absolute atomic E-state index is 0.421. The Morgan fingerprint density at radius 1 is 1.00 bits per heavy atom. The van der Waals surface area contributed by atoms with Crippen LogP contribution in [-0.2, 0) is 11.2 Å². The lowest BCUT2D eigenvalue weighted by Gasteiger charge is -2.15. The highest BCUT2D eigenvalue weighted by Crippen LogP contribution is 2.29. The first-order valence-electron chi connectivity index (χ1n) is 7.10. The van der Waals surface area contributed by atoms with Crippen LogP contribution in [0.25, 0.3) is 10.8 Å². The highest BCUT2D eigenvalue weighted by molar-refractivity contribution is 6.30. The summed E-state index contributed by atoms with van der Waals surface area (Å²) in [4.78, 5) is 11.8. The smallest absolute Gasteiger partial charge is 0.311 e. The van der Waals surface area contributed by atoms with Crippen LogP contribution in [0.15, 0.2) is 66.7 Å². The van der Waals surface area contributed by atoms with Crippen LogP contribution in [0.3, 0.4) is 0 Å². The third-order valence-electron chi connectivity index (χ3n) is 3.83. The summed E-state index contributed by atoms with van der Waals surface area (Å²) in [5, 5.41) is 12.3. The molecule has 0 saturated heterocycles. The zero-order chi connectivity index (χ0) is 15.5. The summed E-state index contributed by atoms with van der Waals surface area (Å²) in [7, 11) is 0. The van der Waals surface area contributed by atoms with Crippen molar-refractivity contribution in [3.63, 3.8) is 0 Å². The summed E-state index contributed by atoms with van der Waals surface area (Å²) >= 11 is 6.00. The Morgan fingerprint density at radius 3 is 2.50 bits per heavy atom. The summed E-state index contributed by atoms with van der Waals surface area (Å²) < 4.78 is 0. The average molecular weight is 311 g/mol. The van der Waals surface area contributed by atoms with E-state index in [1.165, 1.54) is 0 Å². The van der Waals surface area contributed by atoms with Crippen LogP contribution < -0.4 is 0 Å². The highest BCUT2D eigenvalue weighted by Gasteiger charge is 2.22. The molecule has 0 saturated carbocycles. The molecule has 0 heterocycles. The average Bonchev–Trinajstić information content (AvgIpc) is 2.52. The number of benzene rings is 3. The molecule has 1 N–H and O–H groups in total. The monoisotopic (exact) mass is 310 g/mol. The normalized spacial score (nSPS) is 12.2. The molecule has 0 unspecified atom stereocenters. The summed E-state index contributed by atoms with van der Waals surface area (Å²) in [6, 6.07) is 21.0. The third-order valence-corrected chi connectivity index (χ3v) is 4.06. The van der Waals surface area contributed by atoms with Crippen molar-refractivity contribution in [3.8, 4) is 0 Å². The molecule has 22 heavy (non-hydrogen) atoms. The lowest BCUT2D eigenvalue weighted by Crippen LogP contribution is -2.15. The van der Waals surface area contributed by atoms with Crippen molar-refractivity contribution in [2.45, 2.75) is 12.3 Å². The summed E-state index contributed by atoms with van der Waals surface area (Å²) in [6.45, 7) is 0. The van der Waals surface area contributed by atoms with Gasteiger partial charge in [0.1, 0.15) is 0 Å². The van der Waals surface area contributed by atoms with Crippen LogP contribution in [0.1, 0.15) is 17.0 Å². The highest BCUT2D eigenvalue weighted by atomic mass is 35.5. The molecule has 0 spiro atoms. The van der Waals surface area contributed by atoms with E-state index in [4.69, 9.17) is 11.6 Å². The van der Waals surface area contributed by atoms with Gasteiger partial charge in [-0.05, 0) is 40.5 Å². The van der Waals surface area contributed by atoms with E-state index in [2.05, 4.69) is 0 Å². The van der Waals surface area contributed by atoms with Crippen LogP contribution in [0.4, 0.5) is 0 Å². The topological polar surface area (TPSA) is 37.3 Å². The van der Waals surface area contributed by atoms with Gasteiger partial charge in [-0.2, -0.15) is 0 Å². The van der Waals surface area contributed by atoms with Crippen molar-refractivity contribution in [2.75, 3.05) is 0 Å².